The molecule has 0 aliphatic carbocycles. The number of rotatable bonds is 10. The van der Waals surface area contributed by atoms with Crippen molar-refractivity contribution in [2.75, 3.05) is 26.3 Å². The van der Waals surface area contributed by atoms with E-state index in [0.717, 1.165) is 37.6 Å². The van der Waals surface area contributed by atoms with Gasteiger partial charge in [-0.3, -0.25) is 0 Å². The molecule has 1 rings (SSSR count). The van der Waals surface area contributed by atoms with Crippen LogP contribution in [0, 0.1) is 0 Å². The SMILES string of the molecule is CCNCCCCCOc1ccc(OCC)cc1. The fourth-order valence-corrected chi connectivity index (χ4v) is 1.69. The molecule has 3 nitrogen and oxygen atoms in total. The van der Waals surface area contributed by atoms with Crippen LogP contribution < -0.4 is 14.8 Å². The lowest BCUT2D eigenvalue weighted by Crippen LogP contribution is -2.14. The highest BCUT2D eigenvalue weighted by Gasteiger charge is 1.96. The van der Waals surface area contributed by atoms with Crippen molar-refractivity contribution >= 4 is 0 Å². The van der Waals surface area contributed by atoms with Crippen molar-refractivity contribution in [1.29, 1.82) is 0 Å². The van der Waals surface area contributed by atoms with Crippen LogP contribution in [0.25, 0.3) is 0 Å². The zero-order chi connectivity index (χ0) is 13.1. The first-order valence-electron chi connectivity index (χ1n) is 6.93. The summed E-state index contributed by atoms with van der Waals surface area (Å²) in [7, 11) is 0. The highest BCUT2D eigenvalue weighted by Crippen LogP contribution is 2.17. The zero-order valence-corrected chi connectivity index (χ0v) is 11.6. The van der Waals surface area contributed by atoms with E-state index in [1.165, 1.54) is 12.8 Å². The molecule has 0 unspecified atom stereocenters. The summed E-state index contributed by atoms with van der Waals surface area (Å²) in [6.45, 7) is 7.78. The normalized spacial score (nSPS) is 10.3. The number of hydrogen-bond donors (Lipinski definition) is 1. The van der Waals surface area contributed by atoms with Gasteiger partial charge in [0.05, 0.1) is 13.2 Å². The summed E-state index contributed by atoms with van der Waals surface area (Å²) in [4.78, 5) is 0. The average Bonchev–Trinajstić information content (AvgIpc) is 2.40. The molecule has 0 heterocycles. The first kappa shape index (κ1) is 14.8. The Labute approximate surface area is 110 Å². The molecule has 0 saturated heterocycles. The quantitative estimate of drug-likeness (QED) is 0.648. The Morgan fingerprint density at radius 3 is 2.17 bits per heavy atom. The summed E-state index contributed by atoms with van der Waals surface area (Å²) in [5.74, 6) is 1.82. The van der Waals surface area contributed by atoms with E-state index in [0.29, 0.717) is 6.61 Å². The number of unbranched alkanes of at least 4 members (excludes halogenated alkanes) is 2. The van der Waals surface area contributed by atoms with Gasteiger partial charge >= 0.3 is 0 Å². The van der Waals surface area contributed by atoms with Crippen LogP contribution in [0.4, 0.5) is 0 Å². The molecule has 0 bridgehead atoms. The molecule has 1 N–H and O–H groups in total. The summed E-state index contributed by atoms with van der Waals surface area (Å²) in [5.41, 5.74) is 0. The van der Waals surface area contributed by atoms with Crippen molar-refractivity contribution in [3.8, 4) is 11.5 Å². The second-order valence-corrected chi connectivity index (χ2v) is 4.17. The molecule has 102 valence electrons. The van der Waals surface area contributed by atoms with Crippen molar-refractivity contribution in [2.45, 2.75) is 33.1 Å². The molecule has 0 fully saturated rings. The van der Waals surface area contributed by atoms with E-state index in [1.807, 2.05) is 31.2 Å². The predicted octanol–water partition coefficient (Wildman–Crippen LogP) is 3.24. The van der Waals surface area contributed by atoms with Gasteiger partial charge in [-0.25, -0.2) is 0 Å². The third-order valence-electron chi connectivity index (χ3n) is 2.65. The van der Waals surface area contributed by atoms with E-state index in [4.69, 9.17) is 9.47 Å². The van der Waals surface area contributed by atoms with Gasteiger partial charge in [0.25, 0.3) is 0 Å². The third kappa shape index (κ3) is 6.50. The van der Waals surface area contributed by atoms with Gasteiger partial charge in [-0.15, -0.1) is 0 Å². The molecular formula is C15H25NO2. The molecule has 1 aromatic carbocycles. The number of hydrogen-bond acceptors (Lipinski definition) is 3. The smallest absolute Gasteiger partial charge is 0.119 e. The molecule has 0 saturated carbocycles. The van der Waals surface area contributed by atoms with Crippen molar-refractivity contribution in [3.05, 3.63) is 24.3 Å². The first-order chi connectivity index (χ1) is 8.86. The van der Waals surface area contributed by atoms with Gasteiger partial charge in [-0.1, -0.05) is 6.92 Å². The average molecular weight is 251 g/mol. The van der Waals surface area contributed by atoms with Crippen molar-refractivity contribution in [3.63, 3.8) is 0 Å². The Morgan fingerprint density at radius 1 is 0.889 bits per heavy atom. The van der Waals surface area contributed by atoms with Crippen molar-refractivity contribution in [2.24, 2.45) is 0 Å². The lowest BCUT2D eigenvalue weighted by molar-refractivity contribution is 0.303. The summed E-state index contributed by atoms with van der Waals surface area (Å²) in [6, 6.07) is 7.82. The molecule has 0 radical (unpaired) electrons. The maximum absolute atomic E-state index is 5.67. The van der Waals surface area contributed by atoms with Gasteiger partial charge in [0.1, 0.15) is 11.5 Å². The number of nitrogens with one attached hydrogen (secondary N) is 1. The summed E-state index contributed by atoms with van der Waals surface area (Å²) in [6.07, 6.45) is 3.54. The standard InChI is InChI=1S/C15H25NO2/c1-3-16-12-6-5-7-13-18-15-10-8-14(9-11-15)17-4-2/h8-11,16H,3-7,12-13H2,1-2H3. The lowest BCUT2D eigenvalue weighted by atomic mass is 10.2. The lowest BCUT2D eigenvalue weighted by Gasteiger charge is -2.07. The van der Waals surface area contributed by atoms with E-state index in [9.17, 15) is 0 Å². The highest BCUT2D eigenvalue weighted by molar-refractivity contribution is 5.31. The highest BCUT2D eigenvalue weighted by atomic mass is 16.5. The largest absolute Gasteiger partial charge is 0.494 e. The summed E-state index contributed by atoms with van der Waals surface area (Å²) >= 11 is 0. The molecule has 0 aliphatic heterocycles. The Bertz CT molecular complexity index is 298. The fourth-order valence-electron chi connectivity index (χ4n) is 1.69. The Balaban J connectivity index is 2.08. The third-order valence-corrected chi connectivity index (χ3v) is 2.65. The topological polar surface area (TPSA) is 30.5 Å². The monoisotopic (exact) mass is 251 g/mol. The second kappa shape index (κ2) is 9.77. The van der Waals surface area contributed by atoms with Crippen LogP contribution >= 0.6 is 0 Å². The van der Waals surface area contributed by atoms with E-state index in [2.05, 4.69) is 12.2 Å². The summed E-state index contributed by atoms with van der Waals surface area (Å²) < 4.78 is 11.0. The van der Waals surface area contributed by atoms with Crippen LogP contribution in [0.3, 0.4) is 0 Å². The zero-order valence-electron chi connectivity index (χ0n) is 11.6. The molecular weight excluding hydrogens is 226 g/mol. The van der Waals surface area contributed by atoms with Gasteiger partial charge in [-0.2, -0.15) is 0 Å². The second-order valence-electron chi connectivity index (χ2n) is 4.17. The molecule has 0 aromatic heterocycles. The van der Waals surface area contributed by atoms with Gasteiger partial charge in [0.2, 0.25) is 0 Å². The van der Waals surface area contributed by atoms with Crippen LogP contribution in [0.5, 0.6) is 11.5 Å². The van der Waals surface area contributed by atoms with Crippen LogP contribution in [-0.4, -0.2) is 26.3 Å². The van der Waals surface area contributed by atoms with E-state index < -0.39 is 0 Å². The molecule has 0 atom stereocenters. The van der Waals surface area contributed by atoms with E-state index >= 15 is 0 Å². The maximum atomic E-state index is 5.67. The van der Waals surface area contributed by atoms with Crippen LogP contribution in [0.1, 0.15) is 33.1 Å². The Kier molecular flexibility index (Phi) is 8.06. The minimum absolute atomic E-state index is 0.700. The Morgan fingerprint density at radius 2 is 1.56 bits per heavy atom. The van der Waals surface area contributed by atoms with E-state index in [-0.39, 0.29) is 0 Å². The molecule has 3 heteroatoms. The van der Waals surface area contributed by atoms with E-state index in [1.54, 1.807) is 0 Å². The molecule has 1 aromatic rings. The van der Waals surface area contributed by atoms with Crippen LogP contribution in [0.2, 0.25) is 0 Å². The predicted molar refractivity (Wildman–Crippen MR) is 75.5 cm³/mol. The van der Waals surface area contributed by atoms with Gasteiger partial charge in [0, 0.05) is 0 Å². The van der Waals surface area contributed by atoms with Crippen LogP contribution in [0.15, 0.2) is 24.3 Å². The first-order valence-corrected chi connectivity index (χ1v) is 6.93. The number of ether oxygens (including phenoxy) is 2. The minimum atomic E-state index is 0.700. The molecule has 0 spiro atoms. The van der Waals surface area contributed by atoms with Crippen molar-refractivity contribution < 1.29 is 9.47 Å². The van der Waals surface area contributed by atoms with Crippen molar-refractivity contribution in [1.82, 2.24) is 5.32 Å². The fraction of sp³-hybridized carbons (Fsp3) is 0.600. The molecule has 0 aliphatic rings. The molecule has 18 heavy (non-hydrogen) atoms. The summed E-state index contributed by atoms with van der Waals surface area (Å²) in [5, 5.41) is 3.32. The van der Waals surface area contributed by atoms with Gasteiger partial charge < -0.3 is 14.8 Å². The maximum Gasteiger partial charge on any atom is 0.119 e. The van der Waals surface area contributed by atoms with Crippen LogP contribution in [-0.2, 0) is 0 Å². The van der Waals surface area contributed by atoms with Gasteiger partial charge in [0.15, 0.2) is 0 Å². The molecule has 0 amide bonds. The Hall–Kier alpha value is -1.22. The number of benzene rings is 1. The van der Waals surface area contributed by atoms with Gasteiger partial charge in [-0.05, 0) is 63.5 Å². The minimum Gasteiger partial charge on any atom is -0.494 e.